The van der Waals surface area contributed by atoms with E-state index < -0.39 is 0 Å². The van der Waals surface area contributed by atoms with Gasteiger partial charge in [-0.05, 0) is 192 Å². The summed E-state index contributed by atoms with van der Waals surface area (Å²) >= 11 is 13.1. The number of rotatable bonds is 10. The molecule has 1 aliphatic heterocycles. The molecule has 13 heteroatoms. The number of nitrogen functional groups attached to an aromatic ring is 1. The van der Waals surface area contributed by atoms with Crippen molar-refractivity contribution in [2.75, 3.05) is 34.2 Å². The second kappa shape index (κ2) is 34.8. The molecule has 0 atom stereocenters. The first kappa shape index (κ1) is 72.0. The molecule has 0 saturated heterocycles. The minimum atomic E-state index is 0. The molecule has 0 bridgehead atoms. The summed E-state index contributed by atoms with van der Waals surface area (Å²) in [5.74, 6) is 0. The van der Waals surface area contributed by atoms with Crippen LogP contribution in [0.25, 0.3) is 0 Å². The van der Waals surface area contributed by atoms with Crippen LogP contribution in [-0.4, -0.2) is 63.8 Å². The predicted octanol–water partition coefficient (Wildman–Crippen LogP) is 10.2. The van der Waals surface area contributed by atoms with Crippen molar-refractivity contribution in [1.82, 2.24) is 0 Å². The first-order chi connectivity index (χ1) is 34.8. The van der Waals surface area contributed by atoms with Crippen LogP contribution in [0.3, 0.4) is 0 Å². The summed E-state index contributed by atoms with van der Waals surface area (Å²) in [5.41, 5.74) is 34.7. The van der Waals surface area contributed by atoms with Crippen LogP contribution in [0.4, 0.5) is 34.1 Å². The van der Waals surface area contributed by atoms with Crippen molar-refractivity contribution in [2.45, 2.75) is 137 Å². The Kier molecular flexibility index (Phi) is 32.5. The molecule has 0 aromatic heterocycles. The van der Waals surface area contributed by atoms with Gasteiger partial charge < -0.3 is 19.6 Å². The standard InChI is InChI=1S/C20H26Cl2N2.C20H24N2.C13H18N.C9H13N.C2H2O2.B.ClH.Na.H/c1-13-9-15(3)19(16(4)10-13)23(21)7-8-24(22)20-17(5)11-14(2)12-18(20)6;1-13-9-15(3)19(16(4)10-13)21-7-8-22-20-17(5)11-14(2)12-18(20)6;1-10-8-11(2)13(12(3)9-10)14-6-4-5-7-14;1-6-4-7(2)9(10)8(3)5-6;3-1-2-4;;;;/h9-12H,7-8H2,1-6H3;7-12H,1-6H3;6,8-9H,4-5,7H2,1-3H3;4-5H,10H2,1-3H3;1-2H;;1H;;/q;;+1;;;;;+1;-1/p-1. The van der Waals surface area contributed by atoms with Gasteiger partial charge in [0.25, 0.3) is 0 Å². The minimum Gasteiger partial charge on any atom is -1.00 e. The summed E-state index contributed by atoms with van der Waals surface area (Å²) in [4.78, 5) is 26.7. The molecule has 407 valence electrons. The van der Waals surface area contributed by atoms with Crippen molar-refractivity contribution in [3.05, 3.63) is 173 Å². The number of benzene rings is 6. The second-order valence-electron chi connectivity index (χ2n) is 20.1. The number of aliphatic imine (C=N–C) groups is 2. The van der Waals surface area contributed by atoms with Gasteiger partial charge in [-0.15, -0.1) is 0 Å². The minimum absolute atomic E-state index is 0. The van der Waals surface area contributed by atoms with Gasteiger partial charge in [-0.2, -0.15) is 0 Å². The number of nitrogens with two attached hydrogens (primary N) is 1. The van der Waals surface area contributed by atoms with Crippen molar-refractivity contribution >= 4 is 97.3 Å². The maximum absolute atomic E-state index is 8.81. The molecule has 0 saturated carbocycles. The zero-order valence-electron chi connectivity index (χ0n) is 50.7. The van der Waals surface area contributed by atoms with E-state index in [1.165, 1.54) is 125 Å². The van der Waals surface area contributed by atoms with Crippen LogP contribution in [-0.2, 0) is 9.59 Å². The molecule has 1 heterocycles. The third-order valence-electron chi connectivity index (χ3n) is 12.7. The molecular weight excluding hydrogens is 1020 g/mol. The van der Waals surface area contributed by atoms with Crippen LogP contribution >= 0.6 is 23.6 Å². The molecule has 6 aromatic carbocycles. The zero-order valence-corrected chi connectivity index (χ0v) is 54.0. The van der Waals surface area contributed by atoms with E-state index in [1.807, 2.05) is 13.8 Å². The largest absolute Gasteiger partial charge is 1.00 e. The van der Waals surface area contributed by atoms with Gasteiger partial charge in [0.05, 0.1) is 35.8 Å². The zero-order chi connectivity index (χ0) is 55.6. The Hall–Kier alpha value is -5.00. The number of hydrogen-bond donors (Lipinski definition) is 1. The van der Waals surface area contributed by atoms with E-state index in [9.17, 15) is 0 Å². The maximum Gasteiger partial charge on any atom is 1.00 e. The van der Waals surface area contributed by atoms with E-state index in [-0.39, 0.29) is 64.4 Å². The quantitative estimate of drug-likeness (QED) is 0.0281. The summed E-state index contributed by atoms with van der Waals surface area (Å²) in [6.45, 7) is 40.4. The van der Waals surface area contributed by atoms with Crippen LogP contribution in [0, 0.1) is 125 Å². The third-order valence-corrected chi connectivity index (χ3v) is 13.3. The Morgan fingerprint density at radius 3 is 1.00 bits per heavy atom. The molecule has 0 unspecified atom stereocenters. The average Bonchev–Trinajstić information content (AvgIpc) is 3.82. The molecule has 7 rings (SSSR count). The van der Waals surface area contributed by atoms with E-state index in [4.69, 9.17) is 38.9 Å². The fraction of sp³-hybridized carbons (Fsp3) is 0.359. The maximum atomic E-state index is 8.81. The van der Waals surface area contributed by atoms with Gasteiger partial charge in [-0.25, -0.2) is 4.58 Å². The number of halogens is 3. The van der Waals surface area contributed by atoms with Crippen molar-refractivity contribution in [2.24, 2.45) is 9.98 Å². The number of carbonyl (C=O) groups excluding carboxylic acids is 2. The van der Waals surface area contributed by atoms with Gasteiger partial charge in [0.15, 0.2) is 12.6 Å². The third kappa shape index (κ3) is 22.3. The monoisotopic (exact) mass is 1110 g/mol. The molecule has 0 amide bonds. The van der Waals surface area contributed by atoms with E-state index in [0.717, 1.165) is 28.4 Å². The van der Waals surface area contributed by atoms with Gasteiger partial charge in [0.2, 0.25) is 5.69 Å². The molecule has 0 spiro atoms. The van der Waals surface area contributed by atoms with E-state index in [0.29, 0.717) is 13.1 Å². The summed E-state index contributed by atoms with van der Waals surface area (Å²) in [6.07, 6.45) is 8.80. The number of hydrogen-bond acceptors (Lipinski definition) is 7. The number of carbonyl (C=O) groups is 2. The first-order valence-electron chi connectivity index (χ1n) is 25.4. The van der Waals surface area contributed by atoms with Gasteiger partial charge >= 0.3 is 29.6 Å². The number of anilines is 3. The smallest absolute Gasteiger partial charge is 1.00 e. The Morgan fingerprint density at radius 2 is 0.740 bits per heavy atom. The van der Waals surface area contributed by atoms with E-state index in [1.54, 1.807) is 21.3 Å². The van der Waals surface area contributed by atoms with E-state index in [2.05, 4.69) is 204 Å². The van der Waals surface area contributed by atoms with Gasteiger partial charge in [0.1, 0.15) is 12.8 Å². The normalized spacial score (nSPS) is 11.1. The Labute approximate surface area is 505 Å². The molecule has 1 aliphatic rings. The van der Waals surface area contributed by atoms with Crippen molar-refractivity contribution in [3.8, 4) is 0 Å². The van der Waals surface area contributed by atoms with Crippen LogP contribution in [0.1, 0.15) is 114 Å². The Bertz CT molecular complexity index is 2760. The summed E-state index contributed by atoms with van der Waals surface area (Å²) in [5, 5.41) is 0. The molecule has 3 radical (unpaired) electrons. The number of nitrogens with zero attached hydrogens (tertiary/aromatic N) is 5. The topological polar surface area (TPSA) is 94.4 Å². The molecule has 0 aliphatic carbocycles. The summed E-state index contributed by atoms with van der Waals surface area (Å²) in [7, 11) is 0. The van der Waals surface area contributed by atoms with Crippen LogP contribution in [0.5, 0.6) is 0 Å². The molecule has 2 N–H and O–H groups in total. The van der Waals surface area contributed by atoms with Gasteiger partial charge in [-0.3, -0.25) is 28.4 Å². The number of aryl methyl sites for hydroxylation is 18. The van der Waals surface area contributed by atoms with Crippen molar-refractivity contribution in [3.63, 3.8) is 0 Å². The fourth-order valence-corrected chi connectivity index (χ4v) is 10.8. The average molecular weight is 1110 g/mol. The van der Waals surface area contributed by atoms with Gasteiger partial charge in [0, 0.05) is 74.1 Å². The predicted molar refractivity (Wildman–Crippen MR) is 330 cm³/mol. The molecule has 8 nitrogen and oxygen atoms in total. The molecule has 0 fully saturated rings. The SMILES string of the molecule is Cc1cc(C)c(N(Cl)CCN(Cl)c2c(C)cc(C)cc2C)c(C)c1.Cc1cc(C)c(N)c(C)c1.Cc1cc(C)c(N=CC=Nc2c(C)cc(C)cc2C)c(C)c1.Cc1cc(C)c([N+]2=CCCC2)c(C)c1.O=CC=O.[B].[Cl-].[H-].[Na+]. The summed E-state index contributed by atoms with van der Waals surface area (Å²) < 4.78 is 5.96. The second-order valence-corrected chi connectivity index (χ2v) is 20.9. The molecule has 77 heavy (non-hydrogen) atoms. The van der Waals surface area contributed by atoms with Crippen LogP contribution in [0.15, 0.2) is 82.8 Å². The first-order valence-corrected chi connectivity index (χ1v) is 26.1. The van der Waals surface area contributed by atoms with E-state index >= 15 is 0 Å². The molecule has 6 aromatic rings. The Morgan fingerprint density at radius 1 is 0.481 bits per heavy atom. The van der Waals surface area contributed by atoms with Crippen LogP contribution < -0.4 is 56.5 Å². The van der Waals surface area contributed by atoms with Crippen molar-refractivity contribution in [1.29, 1.82) is 0 Å². The van der Waals surface area contributed by atoms with Crippen molar-refractivity contribution < 1.29 is 57.6 Å². The Balaban J connectivity index is 0. The molecular formula is C64H84BCl3N6NaO2. The van der Waals surface area contributed by atoms with Gasteiger partial charge in [-0.1, -0.05) is 94.0 Å². The number of aldehydes is 2. The fourth-order valence-electron chi connectivity index (χ4n) is 10.1. The van der Waals surface area contributed by atoms with Crippen LogP contribution in [0.2, 0.25) is 0 Å². The summed E-state index contributed by atoms with van der Waals surface area (Å²) in [6, 6.07) is 26.0.